The lowest BCUT2D eigenvalue weighted by Gasteiger charge is -2.35. The molecule has 2 fully saturated rings. The summed E-state index contributed by atoms with van der Waals surface area (Å²) in [5.74, 6) is -0.0287. The molecule has 23 heavy (non-hydrogen) atoms. The Morgan fingerprint density at radius 3 is 2.87 bits per heavy atom. The van der Waals surface area contributed by atoms with Crippen molar-refractivity contribution in [1.29, 1.82) is 0 Å². The van der Waals surface area contributed by atoms with Gasteiger partial charge in [0.25, 0.3) is 0 Å². The minimum absolute atomic E-state index is 0. The highest BCUT2D eigenvalue weighted by Crippen LogP contribution is 2.21. The van der Waals surface area contributed by atoms with Gasteiger partial charge in [-0.25, -0.2) is 4.39 Å². The Morgan fingerprint density at radius 1 is 1.43 bits per heavy atom. The first-order chi connectivity index (χ1) is 10.6. The van der Waals surface area contributed by atoms with Crippen molar-refractivity contribution in [3.8, 4) is 0 Å². The average Bonchev–Trinajstić information content (AvgIpc) is 2.40. The molecule has 0 aromatic heterocycles. The second kappa shape index (κ2) is 8.29. The van der Waals surface area contributed by atoms with Crippen LogP contribution in [0.5, 0.6) is 0 Å². The fourth-order valence-electron chi connectivity index (χ4n) is 3.00. The SMILES string of the molecule is Cl.O=C(NC1CCCN(Cc2ccc(F)cc2Cl)C1)C1CNC1. The number of carbonyl (C=O) groups is 1. The zero-order valence-corrected chi connectivity index (χ0v) is 14.4. The number of rotatable bonds is 4. The van der Waals surface area contributed by atoms with Crippen LogP contribution in [0.4, 0.5) is 4.39 Å². The molecule has 128 valence electrons. The lowest BCUT2D eigenvalue weighted by atomic mass is 10.00. The second-order valence-corrected chi connectivity index (χ2v) is 6.58. The lowest BCUT2D eigenvalue weighted by Crippen LogP contribution is -2.55. The maximum atomic E-state index is 13.1. The van der Waals surface area contributed by atoms with Gasteiger partial charge in [0.1, 0.15) is 5.82 Å². The summed E-state index contributed by atoms with van der Waals surface area (Å²) >= 11 is 6.09. The van der Waals surface area contributed by atoms with E-state index in [0.717, 1.165) is 44.6 Å². The number of nitrogens with one attached hydrogen (secondary N) is 2. The maximum absolute atomic E-state index is 13.1. The molecule has 0 radical (unpaired) electrons. The first-order valence-corrected chi connectivity index (χ1v) is 8.17. The molecule has 1 atom stereocenters. The van der Waals surface area contributed by atoms with Crippen LogP contribution in [0, 0.1) is 11.7 Å². The summed E-state index contributed by atoms with van der Waals surface area (Å²) < 4.78 is 13.1. The Labute approximate surface area is 147 Å². The van der Waals surface area contributed by atoms with Crippen LogP contribution in [-0.2, 0) is 11.3 Å². The Bertz CT molecular complexity index is 554. The van der Waals surface area contributed by atoms with E-state index in [9.17, 15) is 9.18 Å². The molecule has 0 spiro atoms. The molecule has 2 N–H and O–H groups in total. The van der Waals surface area contributed by atoms with Crippen LogP contribution in [-0.4, -0.2) is 43.0 Å². The molecule has 0 aliphatic carbocycles. The average molecular weight is 362 g/mol. The molecule has 0 saturated carbocycles. The van der Waals surface area contributed by atoms with Crippen molar-refractivity contribution in [3.63, 3.8) is 0 Å². The van der Waals surface area contributed by atoms with Gasteiger partial charge in [0.2, 0.25) is 5.91 Å². The molecular weight excluding hydrogens is 340 g/mol. The van der Waals surface area contributed by atoms with Gasteiger partial charge >= 0.3 is 0 Å². The van der Waals surface area contributed by atoms with Crippen LogP contribution in [0.1, 0.15) is 18.4 Å². The van der Waals surface area contributed by atoms with Crippen molar-refractivity contribution in [2.45, 2.75) is 25.4 Å². The van der Waals surface area contributed by atoms with Crippen LogP contribution in [0.15, 0.2) is 18.2 Å². The number of carbonyl (C=O) groups excluding carboxylic acids is 1. The Morgan fingerprint density at radius 2 is 2.22 bits per heavy atom. The number of hydrogen-bond acceptors (Lipinski definition) is 3. The number of likely N-dealkylation sites (tertiary alicyclic amines) is 1. The second-order valence-electron chi connectivity index (χ2n) is 6.17. The van der Waals surface area contributed by atoms with E-state index in [1.165, 1.54) is 12.1 Å². The van der Waals surface area contributed by atoms with Crippen molar-refractivity contribution in [3.05, 3.63) is 34.6 Å². The molecule has 1 amide bonds. The number of piperidine rings is 1. The topological polar surface area (TPSA) is 44.4 Å². The highest BCUT2D eigenvalue weighted by molar-refractivity contribution is 6.31. The molecule has 4 nitrogen and oxygen atoms in total. The van der Waals surface area contributed by atoms with Crippen LogP contribution in [0.2, 0.25) is 5.02 Å². The third kappa shape index (κ3) is 4.80. The predicted molar refractivity (Wildman–Crippen MR) is 91.5 cm³/mol. The van der Waals surface area contributed by atoms with E-state index in [2.05, 4.69) is 15.5 Å². The Hall–Kier alpha value is -0.880. The van der Waals surface area contributed by atoms with Crippen molar-refractivity contribution in [1.82, 2.24) is 15.5 Å². The van der Waals surface area contributed by atoms with Crippen molar-refractivity contribution in [2.24, 2.45) is 5.92 Å². The molecule has 3 rings (SSSR count). The summed E-state index contributed by atoms with van der Waals surface area (Å²) in [7, 11) is 0. The van der Waals surface area contributed by atoms with Crippen molar-refractivity contribution < 1.29 is 9.18 Å². The summed E-state index contributed by atoms with van der Waals surface area (Å²) in [6.07, 6.45) is 2.06. The van der Waals surface area contributed by atoms with Gasteiger partial charge in [0.15, 0.2) is 0 Å². The van der Waals surface area contributed by atoms with E-state index in [4.69, 9.17) is 11.6 Å². The zero-order chi connectivity index (χ0) is 15.5. The van der Waals surface area contributed by atoms with Gasteiger partial charge in [-0.15, -0.1) is 12.4 Å². The van der Waals surface area contributed by atoms with E-state index in [0.29, 0.717) is 11.6 Å². The first-order valence-electron chi connectivity index (χ1n) is 7.79. The van der Waals surface area contributed by atoms with Crippen LogP contribution < -0.4 is 10.6 Å². The van der Waals surface area contributed by atoms with Gasteiger partial charge in [-0.05, 0) is 37.1 Å². The molecule has 2 aliphatic heterocycles. The fourth-order valence-corrected chi connectivity index (χ4v) is 3.23. The molecule has 2 heterocycles. The summed E-state index contributed by atoms with van der Waals surface area (Å²) in [5.41, 5.74) is 0.929. The van der Waals surface area contributed by atoms with Crippen LogP contribution in [0.3, 0.4) is 0 Å². The molecule has 2 aliphatic rings. The van der Waals surface area contributed by atoms with Gasteiger partial charge in [-0.1, -0.05) is 17.7 Å². The summed E-state index contributed by atoms with van der Waals surface area (Å²) in [6.45, 7) is 4.06. The standard InChI is InChI=1S/C16H21ClFN3O.ClH/c17-15-6-13(18)4-3-11(15)9-21-5-1-2-14(10-21)20-16(22)12-7-19-8-12;/h3-4,6,12,14,19H,1-2,5,7-10H2,(H,20,22);1H. The number of amides is 1. The summed E-state index contributed by atoms with van der Waals surface area (Å²) in [5, 5.41) is 6.73. The third-order valence-electron chi connectivity index (χ3n) is 4.41. The van der Waals surface area contributed by atoms with E-state index in [1.54, 1.807) is 6.07 Å². The van der Waals surface area contributed by atoms with E-state index in [-0.39, 0.29) is 36.1 Å². The molecule has 1 aromatic carbocycles. The monoisotopic (exact) mass is 361 g/mol. The largest absolute Gasteiger partial charge is 0.352 e. The molecule has 1 unspecified atom stereocenters. The highest BCUT2D eigenvalue weighted by atomic mass is 35.5. The molecular formula is C16H22Cl2FN3O. The number of hydrogen-bond donors (Lipinski definition) is 2. The smallest absolute Gasteiger partial charge is 0.225 e. The van der Waals surface area contributed by atoms with Crippen LogP contribution in [0.25, 0.3) is 0 Å². The predicted octanol–water partition coefficient (Wildman–Crippen LogP) is 2.20. The molecule has 1 aromatic rings. The quantitative estimate of drug-likeness (QED) is 0.863. The van der Waals surface area contributed by atoms with Crippen molar-refractivity contribution in [2.75, 3.05) is 26.2 Å². The van der Waals surface area contributed by atoms with Gasteiger partial charge < -0.3 is 10.6 Å². The van der Waals surface area contributed by atoms with Gasteiger partial charge in [-0.3, -0.25) is 9.69 Å². The highest BCUT2D eigenvalue weighted by Gasteiger charge is 2.28. The first kappa shape index (κ1) is 18.5. The minimum Gasteiger partial charge on any atom is -0.352 e. The number of nitrogens with zero attached hydrogens (tertiary/aromatic N) is 1. The Balaban J connectivity index is 0.00000192. The number of halogens is 3. The van der Waals surface area contributed by atoms with Crippen molar-refractivity contribution >= 4 is 29.9 Å². The van der Waals surface area contributed by atoms with E-state index < -0.39 is 0 Å². The molecule has 2 saturated heterocycles. The molecule has 7 heteroatoms. The van der Waals surface area contributed by atoms with Gasteiger partial charge in [0, 0.05) is 37.2 Å². The normalized spacial score (nSPS) is 22.1. The van der Waals surface area contributed by atoms with Gasteiger partial charge in [0.05, 0.1) is 5.92 Å². The summed E-state index contributed by atoms with van der Waals surface area (Å²) in [6, 6.07) is 4.72. The van der Waals surface area contributed by atoms with E-state index in [1.807, 2.05) is 0 Å². The molecule has 0 bridgehead atoms. The number of benzene rings is 1. The fraction of sp³-hybridized carbons (Fsp3) is 0.562. The summed E-state index contributed by atoms with van der Waals surface area (Å²) in [4.78, 5) is 14.3. The maximum Gasteiger partial charge on any atom is 0.225 e. The van der Waals surface area contributed by atoms with Crippen LogP contribution >= 0.6 is 24.0 Å². The van der Waals surface area contributed by atoms with Gasteiger partial charge in [-0.2, -0.15) is 0 Å². The lowest BCUT2D eigenvalue weighted by molar-refractivity contribution is -0.127. The van der Waals surface area contributed by atoms with E-state index >= 15 is 0 Å². The third-order valence-corrected chi connectivity index (χ3v) is 4.77. The Kier molecular flexibility index (Phi) is 6.65. The zero-order valence-electron chi connectivity index (χ0n) is 12.9. The minimum atomic E-state index is -0.313.